The van der Waals surface area contributed by atoms with E-state index >= 15 is 0 Å². The van der Waals surface area contributed by atoms with Gasteiger partial charge in [-0.05, 0) is 83.5 Å². The lowest BCUT2D eigenvalue weighted by Gasteiger charge is -2.15. The third-order valence-corrected chi connectivity index (χ3v) is 5.13. The van der Waals surface area contributed by atoms with Crippen LogP contribution in [0, 0.1) is 0 Å². The van der Waals surface area contributed by atoms with Crippen LogP contribution in [0.25, 0.3) is 33.0 Å². The average Bonchev–Trinajstić information content (AvgIpc) is 2.74. The lowest BCUT2D eigenvalue weighted by Crippen LogP contribution is -2.19. The number of nitrogens with zero attached hydrogens (tertiary/aromatic N) is 1. The molecule has 4 heteroatoms. The predicted octanol–water partition coefficient (Wildman–Crippen LogP) is 5.53. The third-order valence-electron chi connectivity index (χ3n) is 5.13. The molecule has 0 aliphatic heterocycles. The summed E-state index contributed by atoms with van der Waals surface area (Å²) >= 11 is 0. The normalized spacial score (nSPS) is 11.2. The Morgan fingerprint density at radius 2 is 1.40 bits per heavy atom. The second-order valence-electron chi connectivity index (χ2n) is 7.62. The number of hydrogen-bond acceptors (Lipinski definition) is 4. The standard InChI is InChI=1S/C26H25NO3/c1-27(2)15-16-30-23-11-5-19(6-12-23)26-24(18-3-8-21(28)9-4-18)13-7-20-17-22(29)10-14-25(20)26/h3-14,17,28-29H,15-16H2,1-2H3. The molecule has 0 aliphatic rings. The van der Waals surface area contributed by atoms with Crippen LogP contribution in [0.1, 0.15) is 0 Å². The van der Waals surface area contributed by atoms with Crippen LogP contribution in [0.2, 0.25) is 0 Å². The van der Waals surface area contributed by atoms with E-state index < -0.39 is 0 Å². The van der Waals surface area contributed by atoms with Gasteiger partial charge in [0.2, 0.25) is 0 Å². The van der Waals surface area contributed by atoms with E-state index in [2.05, 4.69) is 23.1 Å². The molecule has 0 bridgehead atoms. The summed E-state index contributed by atoms with van der Waals surface area (Å²) in [6.07, 6.45) is 0. The van der Waals surface area contributed by atoms with Crippen molar-refractivity contribution < 1.29 is 14.9 Å². The maximum atomic E-state index is 9.92. The molecule has 4 aromatic rings. The van der Waals surface area contributed by atoms with E-state index in [1.54, 1.807) is 24.3 Å². The van der Waals surface area contributed by atoms with Gasteiger partial charge in [0, 0.05) is 6.54 Å². The summed E-state index contributed by atoms with van der Waals surface area (Å²) in [6, 6.07) is 24.9. The first-order chi connectivity index (χ1) is 14.5. The highest BCUT2D eigenvalue weighted by Gasteiger charge is 2.13. The lowest BCUT2D eigenvalue weighted by atomic mass is 9.89. The number of phenolic OH excluding ortho intramolecular Hbond substituents is 2. The quantitative estimate of drug-likeness (QED) is 0.448. The van der Waals surface area contributed by atoms with Crippen molar-refractivity contribution in [1.82, 2.24) is 4.90 Å². The predicted molar refractivity (Wildman–Crippen MR) is 122 cm³/mol. The van der Waals surface area contributed by atoms with Crippen molar-refractivity contribution in [2.75, 3.05) is 27.2 Å². The first kappa shape index (κ1) is 19.8. The fraction of sp³-hybridized carbons (Fsp3) is 0.154. The van der Waals surface area contributed by atoms with Crippen LogP contribution in [0.3, 0.4) is 0 Å². The third kappa shape index (κ3) is 4.24. The Bertz CT molecular complexity index is 1150. The Hall–Kier alpha value is -3.50. The van der Waals surface area contributed by atoms with Gasteiger partial charge in [0.25, 0.3) is 0 Å². The zero-order valence-electron chi connectivity index (χ0n) is 17.2. The van der Waals surface area contributed by atoms with Gasteiger partial charge < -0.3 is 19.8 Å². The number of phenols is 2. The summed E-state index contributed by atoms with van der Waals surface area (Å²) in [5, 5.41) is 21.6. The number of benzene rings is 4. The Labute approximate surface area is 176 Å². The van der Waals surface area contributed by atoms with Crippen LogP contribution in [0.4, 0.5) is 0 Å². The van der Waals surface area contributed by atoms with Gasteiger partial charge in [-0.15, -0.1) is 0 Å². The molecule has 4 nitrogen and oxygen atoms in total. The summed E-state index contributed by atoms with van der Waals surface area (Å²) < 4.78 is 5.84. The second kappa shape index (κ2) is 8.47. The van der Waals surface area contributed by atoms with Crippen LogP contribution in [0.15, 0.2) is 78.9 Å². The molecule has 2 N–H and O–H groups in total. The van der Waals surface area contributed by atoms with Crippen molar-refractivity contribution in [2.45, 2.75) is 0 Å². The number of hydrogen-bond donors (Lipinski definition) is 2. The van der Waals surface area contributed by atoms with Crippen molar-refractivity contribution in [3.8, 4) is 39.5 Å². The maximum absolute atomic E-state index is 9.92. The second-order valence-corrected chi connectivity index (χ2v) is 7.62. The molecule has 0 aliphatic carbocycles. The van der Waals surface area contributed by atoms with Crippen LogP contribution in [-0.4, -0.2) is 42.4 Å². The van der Waals surface area contributed by atoms with E-state index in [1.807, 2.05) is 50.5 Å². The molecule has 0 amide bonds. The van der Waals surface area contributed by atoms with Crippen molar-refractivity contribution in [2.24, 2.45) is 0 Å². The summed E-state index contributed by atoms with van der Waals surface area (Å²) in [6.45, 7) is 1.50. The van der Waals surface area contributed by atoms with E-state index in [0.717, 1.165) is 45.3 Å². The molecule has 0 spiro atoms. The molecule has 0 fully saturated rings. The molecule has 0 atom stereocenters. The highest BCUT2D eigenvalue weighted by molar-refractivity contribution is 6.04. The monoisotopic (exact) mass is 399 g/mol. The fourth-order valence-electron chi connectivity index (χ4n) is 3.57. The molecule has 0 radical (unpaired) electrons. The summed E-state index contributed by atoms with van der Waals surface area (Å²) in [4.78, 5) is 2.09. The molecule has 30 heavy (non-hydrogen) atoms. The van der Waals surface area contributed by atoms with Gasteiger partial charge in [-0.1, -0.05) is 42.5 Å². The molecule has 0 saturated carbocycles. The Kier molecular flexibility index (Phi) is 5.59. The molecular weight excluding hydrogens is 374 g/mol. The lowest BCUT2D eigenvalue weighted by molar-refractivity contribution is 0.261. The Morgan fingerprint density at radius 3 is 2.10 bits per heavy atom. The number of fused-ring (bicyclic) bond motifs is 1. The minimum Gasteiger partial charge on any atom is -0.508 e. The zero-order valence-corrected chi connectivity index (χ0v) is 17.2. The van der Waals surface area contributed by atoms with E-state index in [9.17, 15) is 10.2 Å². The van der Waals surface area contributed by atoms with Gasteiger partial charge in [-0.25, -0.2) is 0 Å². The Morgan fingerprint density at radius 1 is 0.733 bits per heavy atom. The van der Waals surface area contributed by atoms with E-state index in [4.69, 9.17) is 4.74 Å². The van der Waals surface area contributed by atoms with Crippen LogP contribution in [-0.2, 0) is 0 Å². The molecule has 152 valence electrons. The van der Waals surface area contributed by atoms with Gasteiger partial charge in [0.15, 0.2) is 0 Å². The van der Waals surface area contributed by atoms with Crippen molar-refractivity contribution in [1.29, 1.82) is 0 Å². The first-order valence-corrected chi connectivity index (χ1v) is 9.94. The smallest absolute Gasteiger partial charge is 0.119 e. The molecule has 0 saturated heterocycles. The molecule has 0 heterocycles. The van der Waals surface area contributed by atoms with E-state index in [1.165, 1.54) is 0 Å². The van der Waals surface area contributed by atoms with Gasteiger partial charge >= 0.3 is 0 Å². The van der Waals surface area contributed by atoms with Gasteiger partial charge in [0.05, 0.1) is 0 Å². The number of likely N-dealkylation sites (N-methyl/N-ethyl adjacent to an activating group) is 1. The van der Waals surface area contributed by atoms with E-state index in [-0.39, 0.29) is 11.5 Å². The maximum Gasteiger partial charge on any atom is 0.119 e. The molecule has 0 unspecified atom stereocenters. The topological polar surface area (TPSA) is 52.9 Å². The largest absolute Gasteiger partial charge is 0.508 e. The molecule has 0 aromatic heterocycles. The zero-order chi connectivity index (χ0) is 21.1. The fourth-order valence-corrected chi connectivity index (χ4v) is 3.57. The highest BCUT2D eigenvalue weighted by atomic mass is 16.5. The highest BCUT2D eigenvalue weighted by Crippen LogP contribution is 2.39. The average molecular weight is 399 g/mol. The number of aromatic hydroxyl groups is 2. The number of ether oxygens (including phenoxy) is 1. The van der Waals surface area contributed by atoms with Crippen molar-refractivity contribution in [3.63, 3.8) is 0 Å². The van der Waals surface area contributed by atoms with Gasteiger partial charge in [0.1, 0.15) is 23.9 Å². The molecular formula is C26H25NO3. The SMILES string of the molecule is CN(C)CCOc1ccc(-c2c(-c3ccc(O)cc3)ccc3cc(O)ccc23)cc1. The Balaban J connectivity index is 1.79. The summed E-state index contributed by atoms with van der Waals surface area (Å²) in [5.74, 6) is 1.32. The van der Waals surface area contributed by atoms with Crippen LogP contribution in [0.5, 0.6) is 17.2 Å². The minimum atomic E-state index is 0.241. The van der Waals surface area contributed by atoms with Crippen molar-refractivity contribution in [3.05, 3.63) is 78.9 Å². The summed E-state index contributed by atoms with van der Waals surface area (Å²) in [5.41, 5.74) is 4.23. The van der Waals surface area contributed by atoms with Gasteiger partial charge in [-0.2, -0.15) is 0 Å². The van der Waals surface area contributed by atoms with Gasteiger partial charge in [-0.3, -0.25) is 0 Å². The first-order valence-electron chi connectivity index (χ1n) is 9.94. The summed E-state index contributed by atoms with van der Waals surface area (Å²) in [7, 11) is 4.05. The molecule has 4 rings (SSSR count). The molecule has 4 aromatic carbocycles. The van der Waals surface area contributed by atoms with E-state index in [0.29, 0.717) is 6.61 Å². The minimum absolute atomic E-state index is 0.241. The van der Waals surface area contributed by atoms with Crippen molar-refractivity contribution >= 4 is 10.8 Å². The van der Waals surface area contributed by atoms with Crippen LogP contribution >= 0.6 is 0 Å². The van der Waals surface area contributed by atoms with Crippen LogP contribution < -0.4 is 4.74 Å². The number of rotatable bonds is 6.